The average Bonchev–Trinajstić information content (AvgIpc) is 2.54. The molecule has 2 aromatic rings. The lowest BCUT2D eigenvalue weighted by Crippen LogP contribution is -1.74. The molecule has 0 aliphatic rings. The summed E-state index contributed by atoms with van der Waals surface area (Å²) in [7, 11) is 0. The number of aryl methyl sites for hydroxylation is 1. The van der Waals surface area contributed by atoms with Crippen LogP contribution >= 0.6 is 11.3 Å². The highest BCUT2D eigenvalue weighted by molar-refractivity contribution is 7.14. The first-order chi connectivity index (χ1) is 5.86. The molecule has 2 aromatic heterocycles. The molecule has 0 unspecified atom stereocenters. The van der Waals surface area contributed by atoms with E-state index in [1.54, 1.807) is 23.7 Å². The van der Waals surface area contributed by atoms with E-state index in [4.69, 9.17) is 0 Å². The van der Waals surface area contributed by atoms with E-state index < -0.39 is 0 Å². The number of rotatable bonds is 1. The Morgan fingerprint density at radius 3 is 2.58 bits per heavy atom. The highest BCUT2D eigenvalue weighted by Crippen LogP contribution is 2.23. The summed E-state index contributed by atoms with van der Waals surface area (Å²) in [5, 5.41) is 1.06. The molecule has 0 fully saturated rings. The zero-order valence-corrected chi connectivity index (χ0v) is 7.51. The van der Waals surface area contributed by atoms with Gasteiger partial charge in [0.05, 0.1) is 0 Å². The second-order valence-corrected chi connectivity index (χ2v) is 3.75. The first-order valence-corrected chi connectivity index (χ1v) is 4.51. The topological polar surface area (TPSA) is 25.8 Å². The first-order valence-electron chi connectivity index (χ1n) is 3.69. The van der Waals surface area contributed by atoms with E-state index >= 15 is 0 Å². The van der Waals surface area contributed by atoms with Crippen molar-refractivity contribution in [3.63, 3.8) is 0 Å². The molecule has 2 heterocycles. The van der Waals surface area contributed by atoms with Crippen LogP contribution in [0, 0.1) is 6.92 Å². The van der Waals surface area contributed by atoms with Gasteiger partial charge in [-0.15, -0.1) is 11.3 Å². The summed E-state index contributed by atoms with van der Waals surface area (Å²) in [4.78, 5) is 9.47. The third-order valence-electron chi connectivity index (χ3n) is 1.55. The van der Waals surface area contributed by atoms with E-state index in [0.717, 1.165) is 10.6 Å². The van der Waals surface area contributed by atoms with Crippen LogP contribution in [0.3, 0.4) is 0 Å². The van der Waals surface area contributed by atoms with Gasteiger partial charge in [-0.2, -0.15) is 0 Å². The predicted octanol–water partition coefficient (Wildman–Crippen LogP) is 2.51. The summed E-state index contributed by atoms with van der Waals surface area (Å²) in [5.41, 5.74) is 1.14. The Morgan fingerprint density at radius 1 is 1.25 bits per heavy atom. The van der Waals surface area contributed by atoms with Gasteiger partial charge < -0.3 is 0 Å². The van der Waals surface area contributed by atoms with Gasteiger partial charge in [0.2, 0.25) is 0 Å². The summed E-state index contributed by atoms with van der Waals surface area (Å²) in [5.74, 6) is 0. The van der Waals surface area contributed by atoms with Crippen LogP contribution in [0.25, 0.3) is 10.6 Å². The maximum absolute atomic E-state index is 4.28. The van der Waals surface area contributed by atoms with Crippen molar-refractivity contribution in [1.29, 1.82) is 0 Å². The Kier molecular flexibility index (Phi) is 1.87. The van der Waals surface area contributed by atoms with Crippen LogP contribution in [0.15, 0.2) is 30.7 Å². The third-order valence-corrected chi connectivity index (χ3v) is 2.51. The van der Waals surface area contributed by atoms with E-state index in [1.807, 2.05) is 18.3 Å². The van der Waals surface area contributed by atoms with Crippen molar-refractivity contribution >= 4 is 11.3 Å². The average molecular weight is 176 g/mol. The quantitative estimate of drug-likeness (QED) is 0.667. The predicted molar refractivity (Wildman–Crippen MR) is 50.1 cm³/mol. The first kappa shape index (κ1) is 7.43. The Morgan fingerprint density at radius 2 is 2.00 bits per heavy atom. The van der Waals surface area contributed by atoms with Crippen LogP contribution < -0.4 is 0 Å². The lowest BCUT2D eigenvalue weighted by molar-refractivity contribution is 1.31. The van der Waals surface area contributed by atoms with Gasteiger partial charge in [-0.1, -0.05) is 0 Å². The molecule has 3 heteroatoms. The lowest BCUT2D eigenvalue weighted by Gasteiger charge is -1.91. The maximum atomic E-state index is 4.28. The van der Waals surface area contributed by atoms with Gasteiger partial charge in [0, 0.05) is 29.0 Å². The molecule has 0 radical (unpaired) electrons. The second-order valence-electron chi connectivity index (χ2n) is 2.51. The van der Waals surface area contributed by atoms with Crippen LogP contribution in [0.4, 0.5) is 0 Å². The Labute approximate surface area is 74.9 Å². The molecular weight excluding hydrogens is 168 g/mol. The standard InChI is InChI=1S/C9H8N2S/c1-7-6-11-9(12-7)8-2-4-10-5-3-8/h2-6H,1H3. The van der Waals surface area contributed by atoms with Crippen molar-refractivity contribution in [2.45, 2.75) is 6.92 Å². The summed E-state index contributed by atoms with van der Waals surface area (Å²) in [6.45, 7) is 2.06. The van der Waals surface area contributed by atoms with Crippen LogP contribution in [-0.2, 0) is 0 Å². The van der Waals surface area contributed by atoms with Gasteiger partial charge in [-0.3, -0.25) is 4.98 Å². The molecule has 0 N–H and O–H groups in total. The molecule has 0 aliphatic carbocycles. The normalized spacial score (nSPS) is 10.1. The molecule has 12 heavy (non-hydrogen) atoms. The number of pyridine rings is 1. The minimum Gasteiger partial charge on any atom is -0.265 e. The smallest absolute Gasteiger partial charge is 0.123 e. The van der Waals surface area contributed by atoms with Gasteiger partial charge in [0.15, 0.2) is 0 Å². The third kappa shape index (κ3) is 1.36. The highest BCUT2D eigenvalue weighted by Gasteiger charge is 1.99. The fraction of sp³-hybridized carbons (Fsp3) is 0.111. The van der Waals surface area contributed by atoms with Gasteiger partial charge >= 0.3 is 0 Å². The Bertz CT molecular complexity index is 367. The van der Waals surface area contributed by atoms with Gasteiger partial charge in [-0.25, -0.2) is 4.98 Å². The van der Waals surface area contributed by atoms with Crippen molar-refractivity contribution in [1.82, 2.24) is 9.97 Å². The van der Waals surface area contributed by atoms with Crippen molar-refractivity contribution < 1.29 is 0 Å². The van der Waals surface area contributed by atoms with Crippen LogP contribution in [0.2, 0.25) is 0 Å². The zero-order chi connectivity index (χ0) is 8.39. The largest absolute Gasteiger partial charge is 0.265 e. The number of hydrogen-bond acceptors (Lipinski definition) is 3. The molecule has 0 saturated carbocycles. The number of nitrogens with zero attached hydrogens (tertiary/aromatic N) is 2. The monoisotopic (exact) mass is 176 g/mol. The molecule has 0 aromatic carbocycles. The van der Waals surface area contributed by atoms with Gasteiger partial charge in [0.1, 0.15) is 5.01 Å². The lowest BCUT2D eigenvalue weighted by atomic mass is 10.3. The van der Waals surface area contributed by atoms with Crippen molar-refractivity contribution in [2.75, 3.05) is 0 Å². The second kappa shape index (κ2) is 3.03. The fourth-order valence-corrected chi connectivity index (χ4v) is 1.75. The molecule has 0 aliphatic heterocycles. The SMILES string of the molecule is Cc1cnc(-c2ccncc2)s1. The van der Waals surface area contributed by atoms with Crippen LogP contribution in [0.1, 0.15) is 4.88 Å². The Hall–Kier alpha value is -1.22. The molecule has 0 atom stereocenters. The highest BCUT2D eigenvalue weighted by atomic mass is 32.1. The molecule has 0 spiro atoms. The van der Waals surface area contributed by atoms with E-state index in [1.165, 1.54) is 4.88 Å². The van der Waals surface area contributed by atoms with E-state index in [2.05, 4.69) is 16.9 Å². The summed E-state index contributed by atoms with van der Waals surface area (Å²) >= 11 is 1.70. The zero-order valence-electron chi connectivity index (χ0n) is 6.69. The van der Waals surface area contributed by atoms with Crippen LogP contribution in [0.5, 0.6) is 0 Å². The molecule has 0 bridgehead atoms. The molecular formula is C9H8N2S. The number of thiazole rings is 1. The summed E-state index contributed by atoms with van der Waals surface area (Å²) in [6, 6.07) is 3.94. The molecule has 60 valence electrons. The Balaban J connectivity index is 2.45. The molecule has 2 nitrogen and oxygen atoms in total. The molecule has 0 saturated heterocycles. The number of hydrogen-bond donors (Lipinski definition) is 0. The molecule has 0 amide bonds. The van der Waals surface area contributed by atoms with Crippen molar-refractivity contribution in [3.05, 3.63) is 35.6 Å². The maximum Gasteiger partial charge on any atom is 0.123 e. The van der Waals surface area contributed by atoms with Crippen LogP contribution in [-0.4, -0.2) is 9.97 Å². The van der Waals surface area contributed by atoms with E-state index in [9.17, 15) is 0 Å². The van der Waals surface area contributed by atoms with Crippen molar-refractivity contribution in [3.8, 4) is 10.6 Å². The summed E-state index contributed by atoms with van der Waals surface area (Å²) < 4.78 is 0. The molecule has 2 rings (SSSR count). The summed E-state index contributed by atoms with van der Waals surface area (Å²) in [6.07, 6.45) is 5.46. The number of aromatic nitrogens is 2. The van der Waals surface area contributed by atoms with Crippen molar-refractivity contribution in [2.24, 2.45) is 0 Å². The van der Waals surface area contributed by atoms with E-state index in [-0.39, 0.29) is 0 Å². The minimum absolute atomic E-state index is 1.06. The fourth-order valence-electron chi connectivity index (χ4n) is 0.983. The van der Waals surface area contributed by atoms with Gasteiger partial charge in [-0.05, 0) is 19.1 Å². The van der Waals surface area contributed by atoms with Gasteiger partial charge in [0.25, 0.3) is 0 Å². The van der Waals surface area contributed by atoms with E-state index in [0.29, 0.717) is 0 Å². The minimum atomic E-state index is 1.06.